The molecule has 0 saturated heterocycles. The molecule has 5 nitrogen and oxygen atoms in total. The van der Waals surface area contributed by atoms with Crippen LogP contribution in [0.3, 0.4) is 0 Å². The van der Waals surface area contributed by atoms with Crippen LogP contribution in [0, 0.1) is 17.6 Å². The summed E-state index contributed by atoms with van der Waals surface area (Å²) in [6.45, 7) is 0.928. The quantitative estimate of drug-likeness (QED) is 0.596. The van der Waals surface area contributed by atoms with E-state index < -0.39 is 17.6 Å². The van der Waals surface area contributed by atoms with E-state index in [1.807, 2.05) is 0 Å². The zero-order valence-corrected chi connectivity index (χ0v) is 15.6. The third-order valence-electron chi connectivity index (χ3n) is 4.95. The summed E-state index contributed by atoms with van der Waals surface area (Å²) in [4.78, 5) is 14.7. The zero-order valence-electron chi connectivity index (χ0n) is 15.6. The van der Waals surface area contributed by atoms with E-state index in [0.29, 0.717) is 42.5 Å². The average molecular weight is 390 g/mol. The van der Waals surface area contributed by atoms with Gasteiger partial charge < -0.3 is 15.2 Å². The predicted molar refractivity (Wildman–Crippen MR) is 101 cm³/mol. The summed E-state index contributed by atoms with van der Waals surface area (Å²) in [6.07, 6.45) is 5.50. The lowest BCUT2D eigenvalue weighted by atomic mass is 9.86. The van der Waals surface area contributed by atoms with Crippen molar-refractivity contribution in [1.29, 1.82) is 0 Å². The summed E-state index contributed by atoms with van der Waals surface area (Å²) in [6, 6.07) is 6.01. The van der Waals surface area contributed by atoms with Crippen molar-refractivity contribution in [3.63, 3.8) is 0 Å². The van der Waals surface area contributed by atoms with Gasteiger partial charge in [0.1, 0.15) is 11.6 Å². The first-order valence-electron chi connectivity index (χ1n) is 9.53. The molecule has 1 heterocycles. The highest BCUT2D eigenvalue weighted by Gasteiger charge is 2.20. The molecule has 7 heteroatoms. The van der Waals surface area contributed by atoms with E-state index in [9.17, 15) is 13.6 Å². The zero-order chi connectivity index (χ0) is 19.9. The first-order chi connectivity index (χ1) is 13.5. The minimum absolute atomic E-state index is 0.00432. The van der Waals surface area contributed by atoms with Crippen molar-refractivity contribution >= 4 is 5.97 Å². The highest BCUT2D eigenvalue weighted by atomic mass is 19.1. The number of pyridine rings is 1. The van der Waals surface area contributed by atoms with Gasteiger partial charge in [-0.3, -0.25) is 4.79 Å². The monoisotopic (exact) mass is 390 g/mol. The average Bonchev–Trinajstić information content (AvgIpc) is 2.62. The van der Waals surface area contributed by atoms with Gasteiger partial charge in [-0.15, -0.1) is 0 Å². The second-order valence-electron chi connectivity index (χ2n) is 7.06. The SMILES string of the molecule is O=C(O)CCCNCc1c(F)cc(-c2cccnc2OCC2CCC2)cc1F. The van der Waals surface area contributed by atoms with Gasteiger partial charge in [-0.25, -0.2) is 13.8 Å². The Bertz CT molecular complexity index is 802. The van der Waals surface area contributed by atoms with Crippen molar-refractivity contribution in [1.82, 2.24) is 10.3 Å². The summed E-state index contributed by atoms with van der Waals surface area (Å²) >= 11 is 0. The van der Waals surface area contributed by atoms with Gasteiger partial charge in [-0.2, -0.15) is 0 Å². The van der Waals surface area contributed by atoms with Gasteiger partial charge in [-0.05, 0) is 61.6 Å². The third-order valence-corrected chi connectivity index (χ3v) is 4.95. The number of carboxylic acids is 1. The van der Waals surface area contributed by atoms with Crippen LogP contribution < -0.4 is 10.1 Å². The van der Waals surface area contributed by atoms with Gasteiger partial charge in [-0.1, -0.05) is 6.42 Å². The van der Waals surface area contributed by atoms with Crippen LogP contribution in [0.15, 0.2) is 30.5 Å². The van der Waals surface area contributed by atoms with Crippen molar-refractivity contribution in [3.05, 3.63) is 47.7 Å². The largest absolute Gasteiger partial charge is 0.481 e. The number of ether oxygens (including phenoxy) is 1. The second-order valence-corrected chi connectivity index (χ2v) is 7.06. The number of aliphatic carboxylic acids is 1. The Morgan fingerprint density at radius 2 is 2.04 bits per heavy atom. The lowest BCUT2D eigenvalue weighted by molar-refractivity contribution is -0.137. The number of nitrogens with one attached hydrogen (secondary N) is 1. The van der Waals surface area contributed by atoms with Crippen LogP contribution in [-0.4, -0.2) is 29.2 Å². The molecule has 2 aromatic rings. The molecule has 1 aliphatic carbocycles. The van der Waals surface area contributed by atoms with Gasteiger partial charge in [0.25, 0.3) is 0 Å². The fourth-order valence-electron chi connectivity index (χ4n) is 3.09. The molecule has 1 aromatic heterocycles. The molecule has 0 amide bonds. The fourth-order valence-corrected chi connectivity index (χ4v) is 3.09. The number of rotatable bonds is 10. The van der Waals surface area contributed by atoms with Crippen LogP contribution in [0.1, 0.15) is 37.7 Å². The Balaban J connectivity index is 1.69. The Labute approximate surface area is 162 Å². The van der Waals surface area contributed by atoms with Crippen LogP contribution in [0.5, 0.6) is 5.88 Å². The molecule has 1 aromatic carbocycles. The molecule has 0 bridgehead atoms. The van der Waals surface area contributed by atoms with Crippen molar-refractivity contribution < 1.29 is 23.4 Å². The molecular weight excluding hydrogens is 366 g/mol. The lowest BCUT2D eigenvalue weighted by Gasteiger charge is -2.25. The van der Waals surface area contributed by atoms with Gasteiger partial charge in [0.15, 0.2) is 0 Å². The van der Waals surface area contributed by atoms with E-state index in [4.69, 9.17) is 9.84 Å². The predicted octanol–water partition coefficient (Wildman–Crippen LogP) is 4.16. The van der Waals surface area contributed by atoms with E-state index in [1.165, 1.54) is 18.6 Å². The molecule has 3 rings (SSSR count). The van der Waals surface area contributed by atoms with Crippen molar-refractivity contribution in [2.75, 3.05) is 13.2 Å². The molecule has 0 spiro atoms. The number of aromatic nitrogens is 1. The summed E-state index contributed by atoms with van der Waals surface area (Å²) in [7, 11) is 0. The topological polar surface area (TPSA) is 71.5 Å². The number of carbonyl (C=O) groups is 1. The Morgan fingerprint density at radius 3 is 2.68 bits per heavy atom. The standard InChI is InChI=1S/C21H24F2N2O3/c22-18-10-15(11-19(23)17(18)12-24-8-3-7-20(26)27)16-6-2-9-25-21(16)28-13-14-4-1-5-14/h2,6,9-11,14,24H,1,3-5,7-8,12-13H2,(H,26,27). The van der Waals surface area contributed by atoms with Crippen LogP contribution >= 0.6 is 0 Å². The first-order valence-corrected chi connectivity index (χ1v) is 9.53. The first kappa shape index (κ1) is 20.2. The van der Waals surface area contributed by atoms with Gasteiger partial charge in [0, 0.05) is 30.3 Å². The van der Waals surface area contributed by atoms with Crippen LogP contribution in [0.25, 0.3) is 11.1 Å². The van der Waals surface area contributed by atoms with Gasteiger partial charge >= 0.3 is 5.97 Å². The van der Waals surface area contributed by atoms with Crippen LogP contribution in [0.2, 0.25) is 0 Å². The summed E-state index contributed by atoms with van der Waals surface area (Å²) in [5.41, 5.74) is 0.863. The summed E-state index contributed by atoms with van der Waals surface area (Å²) in [5.74, 6) is -1.30. The molecule has 0 atom stereocenters. The molecule has 0 unspecified atom stereocenters. The molecule has 0 radical (unpaired) electrons. The van der Waals surface area contributed by atoms with Crippen molar-refractivity contribution in [2.24, 2.45) is 5.92 Å². The molecule has 1 aliphatic rings. The number of halogens is 2. The van der Waals surface area contributed by atoms with Gasteiger partial charge in [0.05, 0.1) is 6.61 Å². The van der Waals surface area contributed by atoms with E-state index in [1.54, 1.807) is 18.3 Å². The van der Waals surface area contributed by atoms with Gasteiger partial charge in [0.2, 0.25) is 5.88 Å². The highest BCUT2D eigenvalue weighted by molar-refractivity contribution is 5.69. The minimum Gasteiger partial charge on any atom is -0.481 e. The Kier molecular flexibility index (Phi) is 6.92. The third kappa shape index (κ3) is 5.25. The number of nitrogens with zero attached hydrogens (tertiary/aromatic N) is 1. The summed E-state index contributed by atoms with van der Waals surface area (Å²) < 4.78 is 34.8. The molecule has 0 aliphatic heterocycles. The normalized spacial score (nSPS) is 13.9. The molecular formula is C21H24F2N2O3. The highest BCUT2D eigenvalue weighted by Crippen LogP contribution is 2.32. The molecule has 1 fully saturated rings. The maximum atomic E-state index is 14.5. The van der Waals surface area contributed by atoms with Crippen LogP contribution in [-0.2, 0) is 11.3 Å². The number of carboxylic acid groups (broad SMARTS) is 1. The molecule has 1 saturated carbocycles. The smallest absolute Gasteiger partial charge is 0.303 e. The van der Waals surface area contributed by atoms with Crippen molar-refractivity contribution in [3.8, 4) is 17.0 Å². The minimum atomic E-state index is -0.893. The summed E-state index contributed by atoms with van der Waals surface area (Å²) in [5, 5.41) is 11.5. The number of benzene rings is 1. The molecule has 28 heavy (non-hydrogen) atoms. The van der Waals surface area contributed by atoms with E-state index in [-0.39, 0.29) is 18.5 Å². The Hall–Kier alpha value is -2.54. The Morgan fingerprint density at radius 1 is 1.29 bits per heavy atom. The number of hydrogen-bond acceptors (Lipinski definition) is 4. The maximum absolute atomic E-state index is 14.5. The maximum Gasteiger partial charge on any atom is 0.303 e. The van der Waals surface area contributed by atoms with E-state index in [0.717, 1.165) is 12.8 Å². The van der Waals surface area contributed by atoms with E-state index in [2.05, 4.69) is 10.3 Å². The number of hydrogen-bond donors (Lipinski definition) is 2. The van der Waals surface area contributed by atoms with E-state index >= 15 is 0 Å². The van der Waals surface area contributed by atoms with Crippen molar-refractivity contribution in [2.45, 2.75) is 38.6 Å². The second kappa shape index (κ2) is 9.59. The fraction of sp³-hybridized carbons (Fsp3) is 0.429. The molecule has 2 N–H and O–H groups in total. The molecule has 150 valence electrons. The lowest BCUT2D eigenvalue weighted by Crippen LogP contribution is -2.19. The van der Waals surface area contributed by atoms with Crippen LogP contribution in [0.4, 0.5) is 8.78 Å².